The summed E-state index contributed by atoms with van der Waals surface area (Å²) in [4.78, 5) is 27.6. The number of carbonyl (C=O) groups excluding carboxylic acids is 2. The molecule has 3 amide bonds. The molecule has 7 nitrogen and oxygen atoms in total. The first kappa shape index (κ1) is 18.4. The molecular weight excluding hydrogens is 334 g/mol. The van der Waals surface area contributed by atoms with E-state index in [0.29, 0.717) is 26.2 Å². The molecule has 1 unspecified atom stereocenters. The number of nitrogens with two attached hydrogens (primary N) is 1. The molecule has 0 saturated carbocycles. The number of hydrogen-bond acceptors (Lipinski definition) is 4. The lowest BCUT2D eigenvalue weighted by molar-refractivity contribution is -0.138. The van der Waals surface area contributed by atoms with Crippen molar-refractivity contribution < 1.29 is 19.1 Å². The third-order valence-corrected chi connectivity index (χ3v) is 5.20. The Labute approximate surface area is 154 Å². The zero-order chi connectivity index (χ0) is 18.5. The second kappa shape index (κ2) is 8.29. The molecule has 26 heavy (non-hydrogen) atoms. The van der Waals surface area contributed by atoms with Gasteiger partial charge < -0.3 is 25.0 Å². The molecule has 2 aliphatic heterocycles. The first-order valence-electron chi connectivity index (χ1n) is 9.21. The van der Waals surface area contributed by atoms with Crippen LogP contribution < -0.4 is 15.2 Å². The molecule has 0 aliphatic carbocycles. The zero-order valence-electron chi connectivity index (χ0n) is 15.2. The number of piperidine rings is 2. The number of amides is 3. The van der Waals surface area contributed by atoms with Crippen LogP contribution in [0.25, 0.3) is 0 Å². The monoisotopic (exact) mass is 361 g/mol. The molecule has 0 radical (unpaired) electrons. The Morgan fingerprint density at radius 2 is 1.73 bits per heavy atom. The first-order chi connectivity index (χ1) is 12.6. The number of hydrogen-bond donors (Lipinski definition) is 1. The van der Waals surface area contributed by atoms with Crippen molar-refractivity contribution in [3.63, 3.8) is 0 Å². The summed E-state index contributed by atoms with van der Waals surface area (Å²) < 4.78 is 11.4. The highest BCUT2D eigenvalue weighted by Gasteiger charge is 2.32. The summed E-state index contributed by atoms with van der Waals surface area (Å²) in [6.45, 7) is 2.43. The molecular formula is C19H27N3O4. The minimum Gasteiger partial charge on any atom is -0.493 e. The van der Waals surface area contributed by atoms with Gasteiger partial charge in [-0.25, -0.2) is 4.79 Å². The Bertz CT molecular complexity index is 643. The van der Waals surface area contributed by atoms with Gasteiger partial charge in [-0.2, -0.15) is 0 Å². The Balaban J connectivity index is 1.51. The van der Waals surface area contributed by atoms with Gasteiger partial charge in [0, 0.05) is 39.0 Å². The smallest absolute Gasteiger partial charge is 0.314 e. The van der Waals surface area contributed by atoms with E-state index in [1.807, 2.05) is 29.2 Å². The number of primary amides is 1. The second-order valence-corrected chi connectivity index (χ2v) is 6.92. The van der Waals surface area contributed by atoms with Gasteiger partial charge in [-0.3, -0.25) is 4.79 Å². The third kappa shape index (κ3) is 4.20. The Kier molecular flexibility index (Phi) is 5.85. The maximum atomic E-state index is 12.8. The molecule has 3 rings (SSSR count). The van der Waals surface area contributed by atoms with Crippen molar-refractivity contribution >= 4 is 11.9 Å². The highest BCUT2D eigenvalue weighted by atomic mass is 16.5. The molecule has 2 N–H and O–H groups in total. The van der Waals surface area contributed by atoms with Crippen molar-refractivity contribution in [1.29, 1.82) is 0 Å². The molecule has 2 aliphatic rings. The highest BCUT2D eigenvalue weighted by molar-refractivity contribution is 5.80. The van der Waals surface area contributed by atoms with Crippen molar-refractivity contribution in [2.45, 2.75) is 31.8 Å². The second-order valence-electron chi connectivity index (χ2n) is 6.92. The summed E-state index contributed by atoms with van der Waals surface area (Å²) in [6.07, 6.45) is 3.29. The van der Waals surface area contributed by atoms with Gasteiger partial charge in [-0.1, -0.05) is 12.1 Å². The number of likely N-dealkylation sites (tertiary alicyclic amines) is 2. The Morgan fingerprint density at radius 3 is 2.38 bits per heavy atom. The van der Waals surface area contributed by atoms with Gasteiger partial charge in [0.05, 0.1) is 13.0 Å². The van der Waals surface area contributed by atoms with Gasteiger partial charge in [-0.15, -0.1) is 0 Å². The summed E-state index contributed by atoms with van der Waals surface area (Å²) in [5.74, 6) is 1.46. The fraction of sp³-hybridized carbons (Fsp3) is 0.579. The number of rotatable bonds is 4. The standard InChI is InChI=1S/C19H27N3O4/c1-25-16-6-2-3-7-17(16)26-15-8-11-21(12-9-15)18(23)14-5-4-10-22(13-14)19(20)24/h2-3,6-7,14-15H,4-5,8-13H2,1H3,(H2,20,24). The van der Waals surface area contributed by atoms with Crippen LogP contribution in [0, 0.1) is 5.92 Å². The molecule has 2 heterocycles. The molecule has 1 aromatic rings. The summed E-state index contributed by atoms with van der Waals surface area (Å²) in [5.41, 5.74) is 5.36. The van der Waals surface area contributed by atoms with Crippen LogP contribution in [0.3, 0.4) is 0 Å². The Hall–Kier alpha value is -2.44. The summed E-state index contributed by atoms with van der Waals surface area (Å²) in [7, 11) is 1.63. The predicted molar refractivity (Wildman–Crippen MR) is 97.1 cm³/mol. The fourth-order valence-electron chi connectivity index (χ4n) is 3.73. The van der Waals surface area contributed by atoms with Crippen LogP contribution in [0.4, 0.5) is 4.79 Å². The van der Waals surface area contributed by atoms with E-state index in [0.717, 1.165) is 37.2 Å². The lowest BCUT2D eigenvalue weighted by Crippen LogP contribution is -2.50. The molecule has 0 bridgehead atoms. The van der Waals surface area contributed by atoms with Crippen LogP contribution in [-0.4, -0.2) is 61.1 Å². The van der Waals surface area contributed by atoms with E-state index in [9.17, 15) is 9.59 Å². The quantitative estimate of drug-likeness (QED) is 0.887. The minimum atomic E-state index is -0.439. The van der Waals surface area contributed by atoms with Crippen molar-refractivity contribution in [2.24, 2.45) is 11.7 Å². The number of benzene rings is 1. The summed E-state index contributed by atoms with van der Waals surface area (Å²) in [5, 5.41) is 0. The van der Waals surface area contributed by atoms with Crippen LogP contribution in [0.5, 0.6) is 11.5 Å². The minimum absolute atomic E-state index is 0.0730. The van der Waals surface area contributed by atoms with Gasteiger partial charge in [0.25, 0.3) is 0 Å². The average molecular weight is 361 g/mol. The van der Waals surface area contributed by atoms with E-state index >= 15 is 0 Å². The van der Waals surface area contributed by atoms with Crippen molar-refractivity contribution in [3.05, 3.63) is 24.3 Å². The van der Waals surface area contributed by atoms with E-state index < -0.39 is 6.03 Å². The lowest BCUT2D eigenvalue weighted by atomic mass is 9.95. The highest BCUT2D eigenvalue weighted by Crippen LogP contribution is 2.29. The SMILES string of the molecule is COc1ccccc1OC1CCN(C(=O)C2CCCN(C(N)=O)C2)CC1. The number of methoxy groups -OCH3 is 1. The number of carbonyl (C=O) groups is 2. The van der Waals surface area contributed by atoms with Crippen LogP contribution in [0.2, 0.25) is 0 Å². The van der Waals surface area contributed by atoms with Crippen LogP contribution in [0.1, 0.15) is 25.7 Å². The Morgan fingerprint density at radius 1 is 1.04 bits per heavy atom. The van der Waals surface area contributed by atoms with E-state index in [4.69, 9.17) is 15.2 Å². The topological polar surface area (TPSA) is 85.1 Å². The van der Waals surface area contributed by atoms with E-state index in [1.54, 1.807) is 12.0 Å². The number of urea groups is 1. The maximum absolute atomic E-state index is 12.8. The molecule has 142 valence electrons. The molecule has 1 atom stereocenters. The van der Waals surface area contributed by atoms with E-state index in [-0.39, 0.29) is 17.9 Å². The van der Waals surface area contributed by atoms with Crippen molar-refractivity contribution in [1.82, 2.24) is 9.80 Å². The first-order valence-corrected chi connectivity index (χ1v) is 9.21. The van der Waals surface area contributed by atoms with Gasteiger partial charge in [0.2, 0.25) is 5.91 Å². The molecule has 0 aromatic heterocycles. The fourth-order valence-corrected chi connectivity index (χ4v) is 3.73. The molecule has 2 saturated heterocycles. The molecule has 0 spiro atoms. The number of para-hydroxylation sites is 2. The van der Waals surface area contributed by atoms with Crippen molar-refractivity contribution in [3.8, 4) is 11.5 Å². The normalized spacial score (nSPS) is 21.3. The van der Waals surface area contributed by atoms with E-state index in [1.165, 1.54) is 0 Å². The van der Waals surface area contributed by atoms with Crippen LogP contribution >= 0.6 is 0 Å². The van der Waals surface area contributed by atoms with Gasteiger partial charge in [0.1, 0.15) is 6.10 Å². The summed E-state index contributed by atoms with van der Waals surface area (Å²) in [6, 6.07) is 7.17. The van der Waals surface area contributed by atoms with Crippen LogP contribution in [-0.2, 0) is 4.79 Å². The van der Waals surface area contributed by atoms with Crippen LogP contribution in [0.15, 0.2) is 24.3 Å². The molecule has 1 aromatic carbocycles. The van der Waals surface area contributed by atoms with Gasteiger partial charge >= 0.3 is 6.03 Å². The number of nitrogens with zero attached hydrogens (tertiary/aromatic N) is 2. The largest absolute Gasteiger partial charge is 0.493 e. The molecule has 2 fully saturated rings. The number of ether oxygens (including phenoxy) is 2. The van der Waals surface area contributed by atoms with Gasteiger partial charge in [0.15, 0.2) is 11.5 Å². The average Bonchev–Trinajstić information content (AvgIpc) is 2.68. The maximum Gasteiger partial charge on any atom is 0.314 e. The van der Waals surface area contributed by atoms with E-state index in [2.05, 4.69) is 0 Å². The lowest BCUT2D eigenvalue weighted by Gasteiger charge is -2.37. The van der Waals surface area contributed by atoms with Crippen molar-refractivity contribution in [2.75, 3.05) is 33.3 Å². The summed E-state index contributed by atoms with van der Waals surface area (Å²) >= 11 is 0. The third-order valence-electron chi connectivity index (χ3n) is 5.20. The molecule has 7 heteroatoms. The predicted octanol–water partition coefficient (Wildman–Crippen LogP) is 1.86. The van der Waals surface area contributed by atoms with Gasteiger partial charge in [-0.05, 0) is 25.0 Å². The zero-order valence-corrected chi connectivity index (χ0v) is 15.2.